The van der Waals surface area contributed by atoms with Gasteiger partial charge in [-0.25, -0.2) is 5.43 Å². The summed E-state index contributed by atoms with van der Waals surface area (Å²) in [6.45, 7) is 8.29. The van der Waals surface area contributed by atoms with E-state index in [-0.39, 0.29) is 23.6 Å². The zero-order valence-electron chi connectivity index (χ0n) is 17.0. The van der Waals surface area contributed by atoms with Crippen molar-refractivity contribution < 1.29 is 19.2 Å². The van der Waals surface area contributed by atoms with Gasteiger partial charge in [0.2, 0.25) is 5.91 Å². The Morgan fingerprint density at radius 1 is 1.14 bits per heavy atom. The Kier molecular flexibility index (Phi) is 7.30. The molecule has 0 aliphatic rings. The van der Waals surface area contributed by atoms with E-state index in [0.717, 1.165) is 5.75 Å². The molecular weight excluding hydrogens is 374 g/mol. The standard InChI is InChI=1S/C21H25N3O5/c1-15(25)23-22-14-16-13-18(24(26)27)7-10-20(16)29-12-11-28-19-8-5-17(6-9-19)21(2,3)4/h5-10,13-14H,11-12H2,1-4H3,(H,23,25)/b22-14+. The van der Waals surface area contributed by atoms with E-state index in [9.17, 15) is 14.9 Å². The fourth-order valence-corrected chi connectivity index (χ4v) is 2.44. The van der Waals surface area contributed by atoms with E-state index in [0.29, 0.717) is 17.9 Å². The molecule has 8 nitrogen and oxygen atoms in total. The van der Waals surface area contributed by atoms with Gasteiger partial charge in [-0.1, -0.05) is 32.9 Å². The maximum atomic E-state index is 11.0. The number of hydrogen-bond donors (Lipinski definition) is 1. The van der Waals surface area contributed by atoms with E-state index in [2.05, 4.69) is 31.3 Å². The molecule has 154 valence electrons. The first-order chi connectivity index (χ1) is 13.7. The first-order valence-corrected chi connectivity index (χ1v) is 9.11. The smallest absolute Gasteiger partial charge is 0.270 e. The lowest BCUT2D eigenvalue weighted by Gasteiger charge is -2.19. The summed E-state index contributed by atoms with van der Waals surface area (Å²) in [5.41, 5.74) is 3.83. The highest BCUT2D eigenvalue weighted by Crippen LogP contribution is 2.25. The van der Waals surface area contributed by atoms with Crippen LogP contribution >= 0.6 is 0 Å². The van der Waals surface area contributed by atoms with Crippen molar-refractivity contribution in [2.75, 3.05) is 13.2 Å². The average Bonchev–Trinajstić information content (AvgIpc) is 2.65. The molecule has 0 saturated carbocycles. The molecule has 2 aromatic rings. The second kappa shape index (κ2) is 9.68. The molecule has 0 aliphatic carbocycles. The highest BCUT2D eigenvalue weighted by molar-refractivity contribution is 5.85. The van der Waals surface area contributed by atoms with Gasteiger partial charge >= 0.3 is 0 Å². The summed E-state index contributed by atoms with van der Waals surface area (Å²) in [5, 5.41) is 14.7. The van der Waals surface area contributed by atoms with Crippen LogP contribution in [0.3, 0.4) is 0 Å². The van der Waals surface area contributed by atoms with Crippen LogP contribution in [0.1, 0.15) is 38.8 Å². The van der Waals surface area contributed by atoms with Gasteiger partial charge in [0, 0.05) is 24.6 Å². The number of non-ortho nitro benzene ring substituents is 1. The number of nitro benzene ring substituents is 1. The maximum Gasteiger partial charge on any atom is 0.270 e. The van der Waals surface area contributed by atoms with Gasteiger partial charge in [-0.05, 0) is 29.2 Å². The molecule has 0 fully saturated rings. The first kappa shape index (κ1) is 21.9. The van der Waals surface area contributed by atoms with Gasteiger partial charge in [0.15, 0.2) is 0 Å². The van der Waals surface area contributed by atoms with Crippen LogP contribution in [0.4, 0.5) is 5.69 Å². The number of ether oxygens (including phenoxy) is 2. The average molecular weight is 399 g/mol. The predicted octanol–water partition coefficient (Wildman–Crippen LogP) is 3.82. The minimum Gasteiger partial charge on any atom is -0.490 e. The van der Waals surface area contributed by atoms with Crippen LogP contribution in [0.2, 0.25) is 0 Å². The van der Waals surface area contributed by atoms with E-state index in [1.807, 2.05) is 24.3 Å². The number of nitro groups is 1. The molecule has 1 N–H and O–H groups in total. The van der Waals surface area contributed by atoms with Crippen LogP contribution in [-0.2, 0) is 10.2 Å². The van der Waals surface area contributed by atoms with Crippen molar-refractivity contribution in [1.29, 1.82) is 0 Å². The Hall–Kier alpha value is -3.42. The highest BCUT2D eigenvalue weighted by atomic mass is 16.6. The monoisotopic (exact) mass is 399 g/mol. The topological polar surface area (TPSA) is 103 Å². The van der Waals surface area contributed by atoms with Crippen LogP contribution in [0.5, 0.6) is 11.5 Å². The summed E-state index contributed by atoms with van der Waals surface area (Å²) in [4.78, 5) is 21.4. The van der Waals surface area contributed by atoms with Crippen molar-refractivity contribution in [3.63, 3.8) is 0 Å². The van der Waals surface area contributed by atoms with Crippen LogP contribution in [0, 0.1) is 10.1 Å². The van der Waals surface area contributed by atoms with E-state index in [4.69, 9.17) is 9.47 Å². The maximum absolute atomic E-state index is 11.0. The van der Waals surface area contributed by atoms with Crippen LogP contribution in [0.15, 0.2) is 47.6 Å². The largest absolute Gasteiger partial charge is 0.490 e. The van der Waals surface area contributed by atoms with Crippen molar-refractivity contribution in [2.45, 2.75) is 33.1 Å². The lowest BCUT2D eigenvalue weighted by Crippen LogP contribution is -2.13. The number of benzene rings is 2. The number of nitrogens with zero attached hydrogens (tertiary/aromatic N) is 2. The fraction of sp³-hybridized carbons (Fsp3) is 0.333. The molecule has 1 amide bonds. The zero-order valence-corrected chi connectivity index (χ0v) is 17.0. The van der Waals surface area contributed by atoms with E-state index in [1.165, 1.54) is 36.9 Å². The molecule has 0 aliphatic heterocycles. The van der Waals surface area contributed by atoms with Crippen molar-refractivity contribution >= 4 is 17.8 Å². The zero-order chi connectivity index (χ0) is 21.4. The second-order valence-corrected chi connectivity index (χ2v) is 7.38. The van der Waals surface area contributed by atoms with Crippen molar-refractivity contribution in [3.05, 3.63) is 63.7 Å². The minimum absolute atomic E-state index is 0.0762. The molecule has 0 spiro atoms. The third-order valence-corrected chi connectivity index (χ3v) is 3.96. The summed E-state index contributed by atoms with van der Waals surface area (Å²) in [7, 11) is 0. The molecule has 0 radical (unpaired) electrons. The second-order valence-electron chi connectivity index (χ2n) is 7.38. The summed E-state index contributed by atoms with van der Waals surface area (Å²) in [6.07, 6.45) is 1.30. The number of carbonyl (C=O) groups excluding carboxylic acids is 1. The molecule has 2 aromatic carbocycles. The van der Waals surface area contributed by atoms with Crippen LogP contribution in [-0.4, -0.2) is 30.3 Å². The van der Waals surface area contributed by atoms with Crippen molar-refractivity contribution in [3.8, 4) is 11.5 Å². The number of nitrogens with one attached hydrogen (secondary N) is 1. The number of carbonyl (C=O) groups is 1. The number of amides is 1. The van der Waals surface area contributed by atoms with E-state index < -0.39 is 4.92 Å². The molecule has 0 aromatic heterocycles. The quantitative estimate of drug-likeness (QED) is 0.315. The molecule has 29 heavy (non-hydrogen) atoms. The van der Waals surface area contributed by atoms with Crippen molar-refractivity contribution in [2.24, 2.45) is 5.10 Å². The predicted molar refractivity (Wildman–Crippen MR) is 111 cm³/mol. The number of hydrazone groups is 1. The molecule has 0 atom stereocenters. The summed E-state index contributed by atoms with van der Waals surface area (Å²) >= 11 is 0. The lowest BCUT2D eigenvalue weighted by atomic mass is 9.87. The SMILES string of the molecule is CC(=O)N/N=C/c1cc([N+](=O)[O-])ccc1OCCOc1ccc(C(C)(C)C)cc1. The Labute approximate surface area is 169 Å². The third-order valence-electron chi connectivity index (χ3n) is 3.96. The first-order valence-electron chi connectivity index (χ1n) is 9.11. The molecule has 0 bridgehead atoms. The number of rotatable bonds is 8. The Balaban J connectivity index is 1.97. The Morgan fingerprint density at radius 2 is 1.79 bits per heavy atom. The molecule has 8 heteroatoms. The molecule has 0 saturated heterocycles. The van der Waals surface area contributed by atoms with Crippen LogP contribution < -0.4 is 14.9 Å². The third kappa shape index (κ3) is 6.91. The van der Waals surface area contributed by atoms with E-state index >= 15 is 0 Å². The molecule has 2 rings (SSSR count). The van der Waals surface area contributed by atoms with Gasteiger partial charge in [0.25, 0.3) is 5.69 Å². The number of hydrogen-bond acceptors (Lipinski definition) is 6. The Bertz CT molecular complexity index is 886. The lowest BCUT2D eigenvalue weighted by molar-refractivity contribution is -0.384. The van der Waals surface area contributed by atoms with Gasteiger partial charge in [0.1, 0.15) is 24.7 Å². The van der Waals surface area contributed by atoms with Gasteiger partial charge in [-0.3, -0.25) is 14.9 Å². The van der Waals surface area contributed by atoms with Crippen molar-refractivity contribution in [1.82, 2.24) is 5.43 Å². The van der Waals surface area contributed by atoms with Crippen LogP contribution in [0.25, 0.3) is 0 Å². The highest BCUT2D eigenvalue weighted by Gasteiger charge is 2.13. The van der Waals surface area contributed by atoms with Gasteiger partial charge in [0.05, 0.1) is 11.1 Å². The molecule has 0 heterocycles. The minimum atomic E-state index is -0.510. The normalized spacial score (nSPS) is 11.3. The molecular formula is C21H25N3O5. The van der Waals surface area contributed by atoms with Gasteiger partial charge < -0.3 is 9.47 Å². The molecule has 0 unspecified atom stereocenters. The summed E-state index contributed by atoms with van der Waals surface area (Å²) in [5.74, 6) is 0.786. The Morgan fingerprint density at radius 3 is 2.38 bits per heavy atom. The summed E-state index contributed by atoms with van der Waals surface area (Å²) < 4.78 is 11.4. The van der Waals surface area contributed by atoms with E-state index in [1.54, 1.807) is 0 Å². The van der Waals surface area contributed by atoms with Gasteiger partial charge in [-0.15, -0.1) is 0 Å². The summed E-state index contributed by atoms with van der Waals surface area (Å²) in [6, 6.07) is 12.1. The van der Waals surface area contributed by atoms with Gasteiger partial charge in [-0.2, -0.15) is 5.10 Å². The fourth-order valence-electron chi connectivity index (χ4n) is 2.44.